The van der Waals surface area contributed by atoms with Gasteiger partial charge in [0.15, 0.2) is 11.5 Å². The molecule has 1 amide bonds. The molecule has 0 bridgehead atoms. The fourth-order valence-corrected chi connectivity index (χ4v) is 5.96. The monoisotopic (exact) mass is 394 g/mol. The highest BCUT2D eigenvalue weighted by Crippen LogP contribution is 2.35. The van der Waals surface area contributed by atoms with E-state index in [0.717, 1.165) is 24.2 Å². The molecule has 1 fully saturated rings. The van der Waals surface area contributed by atoms with E-state index in [2.05, 4.69) is 5.32 Å². The van der Waals surface area contributed by atoms with Crippen molar-refractivity contribution in [1.29, 1.82) is 0 Å². The van der Waals surface area contributed by atoms with Crippen LogP contribution in [0.2, 0.25) is 0 Å². The summed E-state index contributed by atoms with van der Waals surface area (Å²) in [5.74, 6) is 0.862. The lowest BCUT2D eigenvalue weighted by Crippen LogP contribution is -2.49. The number of carbonyl (C=O) groups is 1. The highest BCUT2D eigenvalue weighted by atomic mass is 32.2. The van der Waals surface area contributed by atoms with Gasteiger partial charge >= 0.3 is 0 Å². The third-order valence-corrected chi connectivity index (χ3v) is 7.74. The van der Waals surface area contributed by atoms with Crippen LogP contribution in [0.15, 0.2) is 39.9 Å². The lowest BCUT2D eigenvalue weighted by molar-refractivity contribution is -0.120. The SMILES string of the molecule is O=C(Nc1ccc2c(c1)OCO2)[C@H]1CCCCN1S(=O)(=O)c1cccs1. The zero-order chi connectivity index (χ0) is 18.1. The van der Waals surface area contributed by atoms with Crippen LogP contribution in [0.1, 0.15) is 19.3 Å². The number of amides is 1. The number of anilines is 1. The average molecular weight is 394 g/mol. The van der Waals surface area contributed by atoms with Gasteiger partial charge in [0.05, 0.1) is 0 Å². The van der Waals surface area contributed by atoms with Crippen LogP contribution >= 0.6 is 11.3 Å². The first-order valence-electron chi connectivity index (χ1n) is 8.31. The van der Waals surface area contributed by atoms with Crippen molar-refractivity contribution in [3.05, 3.63) is 35.7 Å². The number of hydrogen-bond acceptors (Lipinski definition) is 6. The van der Waals surface area contributed by atoms with Crippen molar-refractivity contribution in [3.8, 4) is 11.5 Å². The van der Waals surface area contributed by atoms with E-state index >= 15 is 0 Å². The molecule has 4 rings (SSSR count). The first-order valence-corrected chi connectivity index (χ1v) is 10.6. The third kappa shape index (κ3) is 3.17. The molecule has 138 valence electrons. The topological polar surface area (TPSA) is 84.9 Å². The van der Waals surface area contributed by atoms with Crippen molar-refractivity contribution >= 4 is 33.0 Å². The van der Waals surface area contributed by atoms with Crippen LogP contribution in [0.25, 0.3) is 0 Å². The van der Waals surface area contributed by atoms with Crippen LogP contribution in [-0.2, 0) is 14.8 Å². The van der Waals surface area contributed by atoms with Gasteiger partial charge in [0.2, 0.25) is 12.7 Å². The predicted octanol–water partition coefficient (Wildman–Crippen LogP) is 2.66. The molecule has 26 heavy (non-hydrogen) atoms. The Balaban J connectivity index is 1.55. The zero-order valence-electron chi connectivity index (χ0n) is 13.9. The number of benzene rings is 1. The van der Waals surface area contributed by atoms with Crippen LogP contribution in [0, 0.1) is 0 Å². The molecule has 0 unspecified atom stereocenters. The molecule has 0 saturated carbocycles. The molecular formula is C17H18N2O5S2. The van der Waals surface area contributed by atoms with E-state index in [9.17, 15) is 13.2 Å². The van der Waals surface area contributed by atoms with Crippen LogP contribution < -0.4 is 14.8 Å². The number of rotatable bonds is 4. The lowest BCUT2D eigenvalue weighted by Gasteiger charge is -2.33. The summed E-state index contributed by atoms with van der Waals surface area (Å²) in [6.07, 6.45) is 2.06. The van der Waals surface area contributed by atoms with Crippen molar-refractivity contribution in [1.82, 2.24) is 4.31 Å². The fourth-order valence-electron chi connectivity index (χ4n) is 3.18. The number of piperidine rings is 1. The van der Waals surface area contributed by atoms with Crippen molar-refractivity contribution < 1.29 is 22.7 Å². The minimum Gasteiger partial charge on any atom is -0.454 e. The highest BCUT2D eigenvalue weighted by Gasteiger charge is 2.38. The van der Waals surface area contributed by atoms with Gasteiger partial charge in [-0.3, -0.25) is 4.79 Å². The maximum Gasteiger partial charge on any atom is 0.253 e. The van der Waals surface area contributed by atoms with Gasteiger partial charge in [-0.1, -0.05) is 12.5 Å². The van der Waals surface area contributed by atoms with Gasteiger partial charge in [0.25, 0.3) is 10.0 Å². The molecule has 2 aliphatic heterocycles. The highest BCUT2D eigenvalue weighted by molar-refractivity contribution is 7.91. The molecule has 1 N–H and O–H groups in total. The van der Waals surface area contributed by atoms with Gasteiger partial charge in [0.1, 0.15) is 10.3 Å². The number of fused-ring (bicyclic) bond motifs is 1. The normalized spacial score (nSPS) is 20.1. The number of nitrogens with zero attached hydrogens (tertiary/aromatic N) is 1. The Kier molecular flexibility index (Phi) is 4.60. The van der Waals surface area contributed by atoms with Crippen molar-refractivity contribution in [3.63, 3.8) is 0 Å². The Morgan fingerprint density at radius 3 is 2.85 bits per heavy atom. The number of sulfonamides is 1. The second-order valence-electron chi connectivity index (χ2n) is 6.12. The van der Waals surface area contributed by atoms with E-state index in [1.54, 1.807) is 35.7 Å². The number of ether oxygens (including phenoxy) is 2. The van der Waals surface area contributed by atoms with Gasteiger partial charge < -0.3 is 14.8 Å². The molecule has 0 aliphatic carbocycles. The molecule has 0 radical (unpaired) electrons. The Hall–Kier alpha value is -2.10. The van der Waals surface area contributed by atoms with E-state index < -0.39 is 16.1 Å². The van der Waals surface area contributed by atoms with E-state index in [0.29, 0.717) is 30.2 Å². The Morgan fingerprint density at radius 1 is 1.19 bits per heavy atom. The summed E-state index contributed by atoms with van der Waals surface area (Å²) in [5, 5.41) is 4.53. The quantitative estimate of drug-likeness (QED) is 0.862. The summed E-state index contributed by atoms with van der Waals surface area (Å²) in [4.78, 5) is 12.8. The molecule has 9 heteroatoms. The Labute approximate surface area is 155 Å². The van der Waals surface area contributed by atoms with Crippen molar-refractivity contribution in [2.45, 2.75) is 29.5 Å². The number of carbonyl (C=O) groups excluding carboxylic acids is 1. The lowest BCUT2D eigenvalue weighted by atomic mass is 10.0. The zero-order valence-corrected chi connectivity index (χ0v) is 15.5. The summed E-state index contributed by atoms with van der Waals surface area (Å²) in [7, 11) is -3.67. The molecule has 1 aromatic carbocycles. The molecular weight excluding hydrogens is 376 g/mol. The molecule has 7 nitrogen and oxygen atoms in total. The van der Waals surface area contributed by atoms with Crippen LogP contribution in [0.5, 0.6) is 11.5 Å². The Bertz CT molecular complexity index is 911. The molecule has 3 heterocycles. The molecule has 2 aliphatic rings. The number of thiophene rings is 1. The van der Waals surface area contributed by atoms with Gasteiger partial charge in [-0.05, 0) is 36.4 Å². The van der Waals surface area contributed by atoms with Crippen LogP contribution in [-0.4, -0.2) is 38.0 Å². The molecule has 1 saturated heterocycles. The molecule has 1 aromatic heterocycles. The maximum atomic E-state index is 12.9. The summed E-state index contributed by atoms with van der Waals surface area (Å²) in [6, 6.07) is 7.66. The van der Waals surface area contributed by atoms with Gasteiger partial charge in [-0.25, -0.2) is 8.42 Å². The van der Waals surface area contributed by atoms with Crippen LogP contribution in [0.3, 0.4) is 0 Å². The average Bonchev–Trinajstić information content (AvgIpc) is 3.33. The third-order valence-electron chi connectivity index (χ3n) is 4.45. The second-order valence-corrected chi connectivity index (χ2v) is 9.18. The predicted molar refractivity (Wildman–Crippen MR) is 97.0 cm³/mol. The molecule has 2 aromatic rings. The largest absolute Gasteiger partial charge is 0.454 e. The number of nitrogens with one attached hydrogen (secondary N) is 1. The van der Waals surface area contributed by atoms with E-state index in [4.69, 9.17) is 9.47 Å². The van der Waals surface area contributed by atoms with E-state index in [1.165, 1.54) is 4.31 Å². The van der Waals surface area contributed by atoms with Crippen molar-refractivity contribution in [2.75, 3.05) is 18.7 Å². The summed E-state index contributed by atoms with van der Waals surface area (Å²) >= 11 is 1.16. The maximum absolute atomic E-state index is 12.9. The standard InChI is InChI=1S/C17H18N2O5S2/c20-17(18-12-6-7-14-15(10-12)24-11-23-14)13-4-1-2-8-19(13)26(21,22)16-5-3-9-25-16/h3,5-7,9-10,13H,1-2,4,8,11H2,(H,18,20)/t13-/m1/s1. The first kappa shape index (κ1) is 17.3. The van der Waals surface area contributed by atoms with Gasteiger partial charge in [-0.2, -0.15) is 4.31 Å². The summed E-state index contributed by atoms with van der Waals surface area (Å²) < 4.78 is 37.9. The van der Waals surface area contributed by atoms with Crippen molar-refractivity contribution in [2.24, 2.45) is 0 Å². The summed E-state index contributed by atoms with van der Waals surface area (Å²) in [5.41, 5.74) is 0.554. The van der Waals surface area contributed by atoms with Gasteiger partial charge in [0, 0.05) is 18.3 Å². The number of hydrogen-bond donors (Lipinski definition) is 1. The molecule has 0 spiro atoms. The molecule has 1 atom stereocenters. The smallest absolute Gasteiger partial charge is 0.253 e. The van der Waals surface area contributed by atoms with E-state index in [-0.39, 0.29) is 16.9 Å². The fraction of sp³-hybridized carbons (Fsp3) is 0.353. The second kappa shape index (κ2) is 6.90. The van der Waals surface area contributed by atoms with Crippen LogP contribution in [0.4, 0.5) is 5.69 Å². The van der Waals surface area contributed by atoms with Gasteiger partial charge in [-0.15, -0.1) is 11.3 Å². The summed E-state index contributed by atoms with van der Waals surface area (Å²) in [6.45, 7) is 0.502. The minimum atomic E-state index is -3.67. The Morgan fingerprint density at radius 2 is 2.04 bits per heavy atom. The van der Waals surface area contributed by atoms with E-state index in [1.807, 2.05) is 0 Å². The minimum absolute atomic E-state index is 0.155. The first-order chi connectivity index (χ1) is 12.6.